The monoisotopic (exact) mass is 207 g/mol. The summed E-state index contributed by atoms with van der Waals surface area (Å²) in [5.74, 6) is 0.498. The standard InChI is InChI=1S/C15H13N/c1-2-4-14-11-15(6-5-12(14)3-1)13-7-9-16-10-8-13/h1-10,15H,11H2. The van der Waals surface area contributed by atoms with Gasteiger partial charge in [-0.25, -0.2) is 0 Å². The number of rotatable bonds is 1. The predicted octanol–water partition coefficient (Wildman–Crippen LogP) is 3.43. The molecule has 0 spiro atoms. The van der Waals surface area contributed by atoms with Gasteiger partial charge >= 0.3 is 0 Å². The van der Waals surface area contributed by atoms with Crippen LogP contribution in [0.2, 0.25) is 0 Å². The lowest BCUT2D eigenvalue weighted by molar-refractivity contribution is 0.824. The summed E-state index contributed by atoms with van der Waals surface area (Å²) >= 11 is 0. The molecule has 1 atom stereocenters. The van der Waals surface area contributed by atoms with Crippen LogP contribution in [0.3, 0.4) is 0 Å². The lowest BCUT2D eigenvalue weighted by atomic mass is 9.86. The molecule has 0 saturated carbocycles. The van der Waals surface area contributed by atoms with E-state index in [2.05, 4.69) is 53.5 Å². The van der Waals surface area contributed by atoms with Crippen molar-refractivity contribution < 1.29 is 0 Å². The van der Waals surface area contributed by atoms with Gasteiger partial charge in [0, 0.05) is 18.3 Å². The normalized spacial score (nSPS) is 18.1. The van der Waals surface area contributed by atoms with Crippen LogP contribution in [0.4, 0.5) is 0 Å². The molecule has 3 rings (SSSR count). The van der Waals surface area contributed by atoms with E-state index in [-0.39, 0.29) is 0 Å². The van der Waals surface area contributed by atoms with Gasteiger partial charge in [0.05, 0.1) is 0 Å². The van der Waals surface area contributed by atoms with Crippen molar-refractivity contribution in [3.63, 3.8) is 0 Å². The maximum Gasteiger partial charge on any atom is 0.0270 e. The first-order chi connectivity index (χ1) is 7.93. The fraction of sp³-hybridized carbons (Fsp3) is 0.133. The number of allylic oxidation sites excluding steroid dienone is 1. The number of hydrogen-bond donors (Lipinski definition) is 0. The smallest absolute Gasteiger partial charge is 0.0270 e. The highest BCUT2D eigenvalue weighted by Crippen LogP contribution is 2.29. The number of hydrogen-bond acceptors (Lipinski definition) is 1. The van der Waals surface area contributed by atoms with E-state index in [1.807, 2.05) is 12.4 Å². The van der Waals surface area contributed by atoms with Crippen LogP contribution in [0.5, 0.6) is 0 Å². The number of fused-ring (bicyclic) bond motifs is 1. The molecule has 0 bridgehead atoms. The van der Waals surface area contributed by atoms with Gasteiger partial charge in [-0.05, 0) is 35.2 Å². The largest absolute Gasteiger partial charge is 0.265 e. The lowest BCUT2D eigenvalue weighted by Gasteiger charge is -2.19. The molecule has 1 aliphatic carbocycles. The average molecular weight is 207 g/mol. The molecule has 0 N–H and O–H groups in total. The molecular formula is C15H13N. The molecule has 0 amide bonds. The average Bonchev–Trinajstić information content (AvgIpc) is 2.39. The van der Waals surface area contributed by atoms with E-state index in [9.17, 15) is 0 Å². The van der Waals surface area contributed by atoms with Crippen molar-refractivity contribution >= 4 is 6.08 Å². The Bertz CT molecular complexity index is 514. The van der Waals surface area contributed by atoms with Crippen molar-refractivity contribution in [1.82, 2.24) is 4.98 Å². The Kier molecular flexibility index (Phi) is 2.30. The molecule has 1 heteroatoms. The van der Waals surface area contributed by atoms with Crippen LogP contribution in [0.15, 0.2) is 54.9 Å². The second kappa shape index (κ2) is 3.93. The van der Waals surface area contributed by atoms with E-state index < -0.39 is 0 Å². The fourth-order valence-corrected chi connectivity index (χ4v) is 2.25. The molecule has 1 aromatic heterocycles. The first kappa shape index (κ1) is 9.34. The molecular weight excluding hydrogens is 194 g/mol. The zero-order chi connectivity index (χ0) is 10.8. The van der Waals surface area contributed by atoms with Crippen LogP contribution in [0, 0.1) is 0 Å². The van der Waals surface area contributed by atoms with Gasteiger partial charge in [0.2, 0.25) is 0 Å². The van der Waals surface area contributed by atoms with Crippen LogP contribution < -0.4 is 0 Å². The zero-order valence-electron chi connectivity index (χ0n) is 9.01. The van der Waals surface area contributed by atoms with Gasteiger partial charge in [-0.3, -0.25) is 4.98 Å². The van der Waals surface area contributed by atoms with Crippen molar-refractivity contribution in [1.29, 1.82) is 0 Å². The van der Waals surface area contributed by atoms with Crippen molar-refractivity contribution in [2.75, 3.05) is 0 Å². The van der Waals surface area contributed by atoms with E-state index >= 15 is 0 Å². The molecule has 1 aromatic carbocycles. The molecule has 2 aromatic rings. The van der Waals surface area contributed by atoms with Crippen LogP contribution in [0.1, 0.15) is 22.6 Å². The second-order valence-corrected chi connectivity index (χ2v) is 4.15. The van der Waals surface area contributed by atoms with Gasteiger partial charge in [-0.2, -0.15) is 0 Å². The van der Waals surface area contributed by atoms with Crippen LogP contribution in [-0.2, 0) is 6.42 Å². The number of aromatic nitrogens is 1. The first-order valence-electron chi connectivity index (χ1n) is 5.59. The predicted molar refractivity (Wildman–Crippen MR) is 66.2 cm³/mol. The van der Waals surface area contributed by atoms with Gasteiger partial charge in [0.15, 0.2) is 0 Å². The molecule has 0 aliphatic heterocycles. The third-order valence-electron chi connectivity index (χ3n) is 3.14. The third-order valence-corrected chi connectivity index (χ3v) is 3.14. The van der Waals surface area contributed by atoms with Gasteiger partial charge in [-0.15, -0.1) is 0 Å². The minimum atomic E-state index is 0.498. The zero-order valence-corrected chi connectivity index (χ0v) is 9.01. The molecule has 1 unspecified atom stereocenters. The third kappa shape index (κ3) is 1.65. The summed E-state index contributed by atoms with van der Waals surface area (Å²) in [6, 6.07) is 12.8. The summed E-state index contributed by atoms with van der Waals surface area (Å²) in [7, 11) is 0. The van der Waals surface area contributed by atoms with Crippen molar-refractivity contribution in [2.45, 2.75) is 12.3 Å². The van der Waals surface area contributed by atoms with Gasteiger partial charge in [0.25, 0.3) is 0 Å². The highest BCUT2D eigenvalue weighted by Gasteiger charge is 2.14. The van der Waals surface area contributed by atoms with E-state index in [0.29, 0.717) is 5.92 Å². The van der Waals surface area contributed by atoms with E-state index in [1.165, 1.54) is 16.7 Å². The van der Waals surface area contributed by atoms with Crippen molar-refractivity contribution in [2.24, 2.45) is 0 Å². The van der Waals surface area contributed by atoms with E-state index in [1.54, 1.807) is 0 Å². The van der Waals surface area contributed by atoms with E-state index in [4.69, 9.17) is 0 Å². The van der Waals surface area contributed by atoms with Crippen molar-refractivity contribution in [3.8, 4) is 0 Å². The lowest BCUT2D eigenvalue weighted by Crippen LogP contribution is -2.05. The summed E-state index contributed by atoms with van der Waals surface area (Å²) in [4.78, 5) is 4.06. The Labute approximate surface area is 95.5 Å². The molecule has 1 heterocycles. The van der Waals surface area contributed by atoms with Crippen LogP contribution in [-0.4, -0.2) is 4.98 Å². The summed E-state index contributed by atoms with van der Waals surface area (Å²) in [5.41, 5.74) is 4.14. The Balaban J connectivity index is 1.95. The summed E-state index contributed by atoms with van der Waals surface area (Å²) < 4.78 is 0. The molecule has 0 saturated heterocycles. The second-order valence-electron chi connectivity index (χ2n) is 4.15. The topological polar surface area (TPSA) is 12.9 Å². The van der Waals surface area contributed by atoms with Gasteiger partial charge in [-0.1, -0.05) is 36.4 Å². The maximum absolute atomic E-state index is 4.06. The highest BCUT2D eigenvalue weighted by molar-refractivity contribution is 5.58. The summed E-state index contributed by atoms with van der Waals surface area (Å²) in [5, 5.41) is 0. The molecule has 1 nitrogen and oxygen atoms in total. The van der Waals surface area contributed by atoms with Crippen LogP contribution >= 0.6 is 0 Å². The Hall–Kier alpha value is -1.89. The van der Waals surface area contributed by atoms with E-state index in [0.717, 1.165) is 6.42 Å². The Morgan fingerprint density at radius 1 is 1.00 bits per heavy atom. The molecule has 78 valence electrons. The summed E-state index contributed by atoms with van der Waals surface area (Å²) in [6.07, 6.45) is 9.34. The quantitative estimate of drug-likeness (QED) is 0.698. The molecule has 16 heavy (non-hydrogen) atoms. The minimum Gasteiger partial charge on any atom is -0.265 e. The van der Waals surface area contributed by atoms with Gasteiger partial charge in [0.1, 0.15) is 0 Å². The molecule has 0 fully saturated rings. The SMILES string of the molecule is C1=CC(c2ccncc2)Cc2ccccc21. The van der Waals surface area contributed by atoms with Gasteiger partial charge < -0.3 is 0 Å². The number of nitrogens with zero attached hydrogens (tertiary/aromatic N) is 1. The van der Waals surface area contributed by atoms with Crippen molar-refractivity contribution in [3.05, 3.63) is 71.6 Å². The summed E-state index contributed by atoms with van der Waals surface area (Å²) in [6.45, 7) is 0. The maximum atomic E-state index is 4.06. The Morgan fingerprint density at radius 3 is 2.69 bits per heavy atom. The molecule has 0 radical (unpaired) electrons. The Morgan fingerprint density at radius 2 is 1.81 bits per heavy atom. The molecule has 1 aliphatic rings. The fourth-order valence-electron chi connectivity index (χ4n) is 2.25. The highest BCUT2D eigenvalue weighted by atomic mass is 14.6. The van der Waals surface area contributed by atoms with Crippen LogP contribution in [0.25, 0.3) is 6.08 Å². The number of pyridine rings is 1. The minimum absolute atomic E-state index is 0.498. The number of benzene rings is 1. The first-order valence-corrected chi connectivity index (χ1v) is 5.59.